The molecule has 1 saturated heterocycles. The van der Waals surface area contributed by atoms with Gasteiger partial charge in [0, 0.05) is 12.1 Å². The fourth-order valence-electron chi connectivity index (χ4n) is 2.25. The topological polar surface area (TPSA) is 63.4 Å². The van der Waals surface area contributed by atoms with Gasteiger partial charge in [-0.2, -0.15) is 0 Å². The van der Waals surface area contributed by atoms with Crippen LogP contribution in [0, 0.1) is 24.7 Å². The van der Waals surface area contributed by atoms with Crippen molar-refractivity contribution in [3.63, 3.8) is 0 Å². The lowest BCUT2D eigenvalue weighted by atomic mass is 10.1. The molecule has 0 saturated carbocycles. The summed E-state index contributed by atoms with van der Waals surface area (Å²) in [6, 6.07) is 5.53. The van der Waals surface area contributed by atoms with Gasteiger partial charge in [-0.1, -0.05) is 18.8 Å². The van der Waals surface area contributed by atoms with Gasteiger partial charge in [-0.3, -0.25) is 4.31 Å². The number of rotatable bonds is 1. The predicted molar refractivity (Wildman–Crippen MR) is 77.4 cm³/mol. The number of aryl methyl sites for hydroxylation is 1. The summed E-state index contributed by atoms with van der Waals surface area (Å²) in [7, 11) is -3.16. The van der Waals surface area contributed by atoms with Crippen molar-refractivity contribution in [2.24, 2.45) is 11.7 Å². The number of hydrogen-bond donors (Lipinski definition) is 1. The van der Waals surface area contributed by atoms with E-state index >= 15 is 0 Å². The van der Waals surface area contributed by atoms with Gasteiger partial charge in [0.1, 0.15) is 0 Å². The molecule has 1 aromatic rings. The molecule has 1 aromatic carbocycles. The fourth-order valence-corrected chi connectivity index (χ4v) is 4.18. The molecule has 1 unspecified atom stereocenters. The van der Waals surface area contributed by atoms with Crippen molar-refractivity contribution < 1.29 is 8.42 Å². The van der Waals surface area contributed by atoms with Crippen molar-refractivity contribution in [1.82, 2.24) is 0 Å². The lowest BCUT2D eigenvalue weighted by molar-refractivity contribution is 0.598. The van der Waals surface area contributed by atoms with Crippen molar-refractivity contribution in [3.8, 4) is 11.8 Å². The lowest BCUT2D eigenvalue weighted by Crippen LogP contribution is -2.25. The first kappa shape index (κ1) is 13.9. The summed E-state index contributed by atoms with van der Waals surface area (Å²) in [6.45, 7) is 4.75. The standard InChI is InChI=1S/C14H18N2O2S/c1-11-9-16(19(17,18)10-11)14-6-5-13(4-3-7-15)12(2)8-14/h5-6,8,11H,7,9-10,15H2,1-2H3. The van der Waals surface area contributed by atoms with Crippen LogP contribution >= 0.6 is 0 Å². The first-order chi connectivity index (χ1) is 8.94. The Bertz CT molecular complexity index is 641. The highest BCUT2D eigenvalue weighted by molar-refractivity contribution is 7.93. The Balaban J connectivity index is 2.35. The maximum absolute atomic E-state index is 12.0. The van der Waals surface area contributed by atoms with E-state index in [2.05, 4.69) is 11.8 Å². The van der Waals surface area contributed by atoms with Gasteiger partial charge < -0.3 is 5.73 Å². The summed E-state index contributed by atoms with van der Waals surface area (Å²) >= 11 is 0. The number of hydrogen-bond acceptors (Lipinski definition) is 3. The highest BCUT2D eigenvalue weighted by atomic mass is 32.2. The quantitative estimate of drug-likeness (QED) is 0.782. The van der Waals surface area contributed by atoms with Crippen molar-refractivity contribution >= 4 is 15.7 Å². The van der Waals surface area contributed by atoms with E-state index in [1.165, 1.54) is 4.31 Å². The number of anilines is 1. The lowest BCUT2D eigenvalue weighted by Gasteiger charge is -2.18. The summed E-state index contributed by atoms with van der Waals surface area (Å²) in [5.41, 5.74) is 7.92. The molecular formula is C14H18N2O2S. The summed E-state index contributed by atoms with van der Waals surface area (Å²) < 4.78 is 25.5. The van der Waals surface area contributed by atoms with Crippen LogP contribution in [0.25, 0.3) is 0 Å². The Kier molecular flexibility index (Phi) is 3.83. The average molecular weight is 278 g/mol. The normalized spacial score (nSPS) is 21.0. The van der Waals surface area contributed by atoms with E-state index in [-0.39, 0.29) is 11.7 Å². The van der Waals surface area contributed by atoms with Crippen molar-refractivity contribution in [2.75, 3.05) is 23.1 Å². The van der Waals surface area contributed by atoms with Crippen molar-refractivity contribution in [2.45, 2.75) is 13.8 Å². The molecular weight excluding hydrogens is 260 g/mol. The number of benzene rings is 1. The minimum absolute atomic E-state index is 0.169. The fraction of sp³-hybridized carbons (Fsp3) is 0.429. The summed E-state index contributed by atoms with van der Waals surface area (Å²) in [5.74, 6) is 6.17. The number of nitrogens with two attached hydrogens (primary N) is 1. The highest BCUT2D eigenvalue weighted by Gasteiger charge is 2.33. The third kappa shape index (κ3) is 2.91. The molecule has 0 amide bonds. The van der Waals surface area contributed by atoms with Crippen LogP contribution in [-0.2, 0) is 10.0 Å². The van der Waals surface area contributed by atoms with E-state index in [9.17, 15) is 8.42 Å². The molecule has 1 atom stereocenters. The molecule has 1 aliphatic rings. The molecule has 1 heterocycles. The van der Waals surface area contributed by atoms with Crippen LogP contribution in [0.2, 0.25) is 0 Å². The maximum Gasteiger partial charge on any atom is 0.235 e. The van der Waals surface area contributed by atoms with E-state index in [1.807, 2.05) is 32.0 Å². The molecule has 0 aromatic heterocycles. The molecule has 2 rings (SSSR count). The third-order valence-corrected chi connectivity index (χ3v) is 5.15. The molecule has 0 radical (unpaired) electrons. The second-order valence-corrected chi connectivity index (χ2v) is 6.86. The van der Waals surface area contributed by atoms with Crippen LogP contribution < -0.4 is 10.0 Å². The highest BCUT2D eigenvalue weighted by Crippen LogP contribution is 2.28. The summed E-state index contributed by atoms with van der Waals surface area (Å²) in [4.78, 5) is 0. The second-order valence-electron chi connectivity index (χ2n) is 4.92. The molecule has 0 aliphatic carbocycles. The number of sulfonamides is 1. The Morgan fingerprint density at radius 1 is 1.47 bits per heavy atom. The van der Waals surface area contributed by atoms with Gasteiger partial charge in [0.15, 0.2) is 0 Å². The monoisotopic (exact) mass is 278 g/mol. The minimum Gasteiger partial charge on any atom is -0.320 e. The molecule has 19 heavy (non-hydrogen) atoms. The SMILES string of the molecule is Cc1cc(N2CC(C)CS2(=O)=O)ccc1C#CCN. The molecule has 0 spiro atoms. The van der Waals surface area contributed by atoms with E-state index in [4.69, 9.17) is 5.73 Å². The Hall–Kier alpha value is -1.51. The van der Waals surface area contributed by atoms with E-state index < -0.39 is 10.0 Å². The molecule has 1 fully saturated rings. The maximum atomic E-state index is 12.0. The third-order valence-electron chi connectivity index (χ3n) is 3.13. The molecule has 4 nitrogen and oxygen atoms in total. The van der Waals surface area contributed by atoms with Crippen LogP contribution in [0.3, 0.4) is 0 Å². The van der Waals surface area contributed by atoms with Gasteiger partial charge in [0.05, 0.1) is 18.0 Å². The Labute approximate surface area is 114 Å². The largest absolute Gasteiger partial charge is 0.320 e. The molecule has 102 valence electrons. The van der Waals surface area contributed by atoms with Gasteiger partial charge in [0.25, 0.3) is 0 Å². The van der Waals surface area contributed by atoms with Gasteiger partial charge in [-0.05, 0) is 36.6 Å². The molecule has 1 aliphatic heterocycles. The van der Waals surface area contributed by atoms with E-state index in [0.29, 0.717) is 13.1 Å². The molecule has 5 heteroatoms. The van der Waals surface area contributed by atoms with Gasteiger partial charge in [0.2, 0.25) is 10.0 Å². The van der Waals surface area contributed by atoms with E-state index in [0.717, 1.165) is 16.8 Å². The molecule has 0 bridgehead atoms. The van der Waals surface area contributed by atoms with Crippen molar-refractivity contribution in [3.05, 3.63) is 29.3 Å². The van der Waals surface area contributed by atoms with Crippen LogP contribution in [0.15, 0.2) is 18.2 Å². The van der Waals surface area contributed by atoms with Gasteiger partial charge in [-0.25, -0.2) is 8.42 Å². The first-order valence-electron chi connectivity index (χ1n) is 6.24. The smallest absolute Gasteiger partial charge is 0.235 e. The number of nitrogens with zero attached hydrogens (tertiary/aromatic N) is 1. The second kappa shape index (κ2) is 5.24. The average Bonchev–Trinajstić information content (AvgIpc) is 2.61. The zero-order valence-corrected chi connectivity index (χ0v) is 12.0. The zero-order valence-electron chi connectivity index (χ0n) is 11.2. The first-order valence-corrected chi connectivity index (χ1v) is 7.85. The van der Waals surface area contributed by atoms with Crippen LogP contribution in [0.1, 0.15) is 18.1 Å². The van der Waals surface area contributed by atoms with Crippen LogP contribution in [-0.4, -0.2) is 27.3 Å². The van der Waals surface area contributed by atoms with Crippen LogP contribution in [0.4, 0.5) is 5.69 Å². The Morgan fingerprint density at radius 3 is 2.74 bits per heavy atom. The van der Waals surface area contributed by atoms with Crippen LogP contribution in [0.5, 0.6) is 0 Å². The Morgan fingerprint density at radius 2 is 2.21 bits per heavy atom. The molecule has 2 N–H and O–H groups in total. The minimum atomic E-state index is -3.16. The van der Waals surface area contributed by atoms with Gasteiger partial charge in [-0.15, -0.1) is 0 Å². The zero-order chi connectivity index (χ0) is 14.0. The summed E-state index contributed by atoms with van der Waals surface area (Å²) in [6.07, 6.45) is 0. The summed E-state index contributed by atoms with van der Waals surface area (Å²) in [5, 5.41) is 0. The predicted octanol–water partition coefficient (Wildman–Crippen LogP) is 1.09. The van der Waals surface area contributed by atoms with E-state index in [1.54, 1.807) is 0 Å². The van der Waals surface area contributed by atoms with Gasteiger partial charge >= 0.3 is 0 Å². The van der Waals surface area contributed by atoms with Crippen molar-refractivity contribution in [1.29, 1.82) is 0 Å².